The van der Waals surface area contributed by atoms with Gasteiger partial charge in [-0.25, -0.2) is 0 Å². The molecule has 0 aromatic heterocycles. The zero-order valence-electron chi connectivity index (χ0n) is 18.2. The summed E-state index contributed by atoms with van der Waals surface area (Å²) in [4.78, 5) is 7.48. The summed E-state index contributed by atoms with van der Waals surface area (Å²) in [6, 6.07) is 0. The molecule has 0 aliphatic carbocycles. The van der Waals surface area contributed by atoms with Crippen LogP contribution in [0.4, 0.5) is 0 Å². The summed E-state index contributed by atoms with van der Waals surface area (Å²) >= 11 is 0. The Morgan fingerprint density at radius 3 is 0.708 bits per heavy atom. The highest BCUT2D eigenvalue weighted by atomic mass is 15.3. The third-order valence-electron chi connectivity index (χ3n) is 5.26. The van der Waals surface area contributed by atoms with Crippen molar-refractivity contribution in [1.82, 2.24) is 14.7 Å². The van der Waals surface area contributed by atoms with E-state index >= 15 is 0 Å². The van der Waals surface area contributed by atoms with E-state index < -0.39 is 0 Å². The molecule has 3 rings (SSSR count). The molecule has 0 aromatic carbocycles. The SMILES string of the molecule is CC(C)(C)N1CC1.CC(C)(C)N1CCC1.CC(C)(C)N1CCCC1. The van der Waals surface area contributed by atoms with Crippen LogP contribution < -0.4 is 0 Å². The molecule has 0 saturated carbocycles. The lowest BCUT2D eigenvalue weighted by Crippen LogP contribution is -2.49. The molecule has 0 radical (unpaired) electrons. The Hall–Kier alpha value is -0.120. The van der Waals surface area contributed by atoms with Crippen LogP contribution in [0.2, 0.25) is 0 Å². The highest BCUT2D eigenvalue weighted by Crippen LogP contribution is 2.21. The number of hydrogen-bond donors (Lipinski definition) is 0. The van der Waals surface area contributed by atoms with Crippen LogP contribution in [0.25, 0.3) is 0 Å². The Balaban J connectivity index is 0.000000181. The molecule has 3 fully saturated rings. The van der Waals surface area contributed by atoms with Crippen LogP contribution in [0, 0.1) is 0 Å². The molecule has 3 heteroatoms. The summed E-state index contributed by atoms with van der Waals surface area (Å²) in [7, 11) is 0. The van der Waals surface area contributed by atoms with Crippen molar-refractivity contribution in [2.24, 2.45) is 0 Å². The first kappa shape index (κ1) is 21.9. The summed E-state index contributed by atoms with van der Waals surface area (Å²) in [5.41, 5.74) is 1.29. The lowest BCUT2D eigenvalue weighted by Gasteiger charge is -2.42. The van der Waals surface area contributed by atoms with Gasteiger partial charge in [0.2, 0.25) is 0 Å². The standard InChI is InChI=1S/C8H17N.C7H15N.C6H13N/c1-8(2,3)9-6-4-5-7-9;1-7(2,3)8-5-4-6-8;1-6(2,3)7-4-5-7/h4-7H2,1-3H3;4-6H2,1-3H3;4-5H2,1-3H3. The Morgan fingerprint density at radius 2 is 0.625 bits per heavy atom. The van der Waals surface area contributed by atoms with Gasteiger partial charge in [-0.05, 0) is 108 Å². The molecular weight excluding hydrogens is 294 g/mol. The Morgan fingerprint density at radius 1 is 0.375 bits per heavy atom. The first-order valence-corrected chi connectivity index (χ1v) is 10.1. The van der Waals surface area contributed by atoms with E-state index in [0.29, 0.717) is 16.6 Å². The molecule has 0 N–H and O–H groups in total. The molecule has 24 heavy (non-hydrogen) atoms. The van der Waals surface area contributed by atoms with Crippen LogP contribution in [0.3, 0.4) is 0 Å². The summed E-state index contributed by atoms with van der Waals surface area (Å²) in [5, 5.41) is 0. The predicted octanol–water partition coefficient (Wildman–Crippen LogP) is 4.47. The second-order valence-electron chi connectivity index (χ2n) is 10.5. The van der Waals surface area contributed by atoms with Crippen LogP contribution in [-0.2, 0) is 0 Å². The molecule has 3 nitrogen and oxygen atoms in total. The molecule has 0 unspecified atom stereocenters. The molecule has 3 aliphatic rings. The second-order valence-corrected chi connectivity index (χ2v) is 10.5. The average Bonchev–Trinajstić information content (AvgIpc) is 3.00. The molecule has 0 atom stereocenters. The minimum atomic E-state index is 0.413. The zero-order valence-corrected chi connectivity index (χ0v) is 18.2. The van der Waals surface area contributed by atoms with E-state index in [4.69, 9.17) is 0 Å². The Labute approximate surface area is 152 Å². The number of nitrogens with zero attached hydrogens (tertiary/aromatic N) is 3. The zero-order chi connectivity index (χ0) is 18.6. The summed E-state index contributed by atoms with van der Waals surface area (Å²) in [5.74, 6) is 0. The highest BCUT2D eigenvalue weighted by Gasteiger charge is 2.29. The van der Waals surface area contributed by atoms with Crippen molar-refractivity contribution in [3.63, 3.8) is 0 Å². The van der Waals surface area contributed by atoms with Gasteiger partial charge < -0.3 is 0 Å². The van der Waals surface area contributed by atoms with Gasteiger partial charge in [-0.2, -0.15) is 0 Å². The maximum atomic E-state index is 2.55. The van der Waals surface area contributed by atoms with Crippen molar-refractivity contribution >= 4 is 0 Å². The number of hydrogen-bond acceptors (Lipinski definition) is 3. The quantitative estimate of drug-likeness (QED) is 0.603. The fourth-order valence-electron chi connectivity index (χ4n) is 3.10. The van der Waals surface area contributed by atoms with Crippen LogP contribution in [0.1, 0.15) is 81.6 Å². The van der Waals surface area contributed by atoms with Gasteiger partial charge >= 0.3 is 0 Å². The molecule has 3 saturated heterocycles. The summed E-state index contributed by atoms with van der Waals surface area (Å²) in [6.45, 7) is 28.3. The van der Waals surface area contributed by atoms with Gasteiger partial charge in [0.1, 0.15) is 0 Å². The van der Waals surface area contributed by atoms with Gasteiger partial charge in [0, 0.05) is 29.7 Å². The monoisotopic (exact) mass is 339 g/mol. The molecule has 0 amide bonds. The van der Waals surface area contributed by atoms with Crippen molar-refractivity contribution in [3.05, 3.63) is 0 Å². The minimum absolute atomic E-state index is 0.413. The number of likely N-dealkylation sites (tertiary alicyclic amines) is 2. The van der Waals surface area contributed by atoms with Gasteiger partial charge in [-0.1, -0.05) is 0 Å². The Bertz CT molecular complexity index is 343. The lowest BCUT2D eigenvalue weighted by atomic mass is 10.0. The van der Waals surface area contributed by atoms with E-state index in [1.807, 2.05) is 0 Å². The molecule has 0 bridgehead atoms. The van der Waals surface area contributed by atoms with Crippen LogP contribution in [0.15, 0.2) is 0 Å². The molecule has 0 aromatic rings. The van der Waals surface area contributed by atoms with Crippen LogP contribution >= 0.6 is 0 Å². The third-order valence-corrected chi connectivity index (χ3v) is 5.26. The van der Waals surface area contributed by atoms with E-state index in [2.05, 4.69) is 77.0 Å². The topological polar surface area (TPSA) is 9.49 Å². The van der Waals surface area contributed by atoms with Crippen molar-refractivity contribution in [2.75, 3.05) is 39.3 Å². The van der Waals surface area contributed by atoms with Gasteiger partial charge in [-0.15, -0.1) is 0 Å². The predicted molar refractivity (Wildman–Crippen MR) is 108 cm³/mol. The highest BCUT2D eigenvalue weighted by molar-refractivity contribution is 4.86. The smallest absolute Gasteiger partial charge is 0.0126 e. The van der Waals surface area contributed by atoms with Crippen LogP contribution in [-0.4, -0.2) is 70.6 Å². The molecule has 3 heterocycles. The first-order chi connectivity index (χ1) is 10.8. The van der Waals surface area contributed by atoms with E-state index in [1.54, 1.807) is 0 Å². The average molecular weight is 340 g/mol. The van der Waals surface area contributed by atoms with Crippen LogP contribution in [0.5, 0.6) is 0 Å². The first-order valence-electron chi connectivity index (χ1n) is 10.1. The van der Waals surface area contributed by atoms with E-state index in [9.17, 15) is 0 Å². The molecule has 0 spiro atoms. The van der Waals surface area contributed by atoms with Crippen molar-refractivity contribution < 1.29 is 0 Å². The third kappa shape index (κ3) is 8.31. The largest absolute Gasteiger partial charge is 0.298 e. The van der Waals surface area contributed by atoms with Crippen molar-refractivity contribution in [1.29, 1.82) is 0 Å². The van der Waals surface area contributed by atoms with Gasteiger partial charge in [0.15, 0.2) is 0 Å². The van der Waals surface area contributed by atoms with Gasteiger partial charge in [0.05, 0.1) is 0 Å². The Kier molecular flexibility index (Phi) is 7.77. The van der Waals surface area contributed by atoms with Crippen molar-refractivity contribution in [2.45, 2.75) is 98.2 Å². The molecule has 144 valence electrons. The molecular formula is C21H45N3. The second kappa shape index (κ2) is 8.51. The normalized spacial score (nSPS) is 22.9. The van der Waals surface area contributed by atoms with E-state index in [1.165, 1.54) is 58.5 Å². The fraction of sp³-hybridized carbons (Fsp3) is 1.00. The maximum Gasteiger partial charge on any atom is 0.0126 e. The summed E-state index contributed by atoms with van der Waals surface area (Å²) < 4.78 is 0. The molecule has 3 aliphatic heterocycles. The number of rotatable bonds is 0. The van der Waals surface area contributed by atoms with Gasteiger partial charge in [0.25, 0.3) is 0 Å². The lowest BCUT2D eigenvalue weighted by molar-refractivity contribution is 0.0690. The fourth-order valence-corrected chi connectivity index (χ4v) is 3.10. The van der Waals surface area contributed by atoms with E-state index in [0.717, 1.165) is 0 Å². The summed E-state index contributed by atoms with van der Waals surface area (Å²) in [6.07, 6.45) is 4.20. The maximum absolute atomic E-state index is 2.55. The minimum Gasteiger partial charge on any atom is -0.298 e. The van der Waals surface area contributed by atoms with Crippen molar-refractivity contribution in [3.8, 4) is 0 Å². The van der Waals surface area contributed by atoms with Gasteiger partial charge in [-0.3, -0.25) is 14.7 Å². The van der Waals surface area contributed by atoms with E-state index in [-0.39, 0.29) is 0 Å².